The summed E-state index contributed by atoms with van der Waals surface area (Å²) in [6.07, 6.45) is 0.621. The maximum atomic E-state index is 13.0. The van der Waals surface area contributed by atoms with Crippen molar-refractivity contribution in [1.82, 2.24) is 9.21 Å². The van der Waals surface area contributed by atoms with E-state index in [1.165, 1.54) is 12.1 Å². The van der Waals surface area contributed by atoms with Crippen LogP contribution in [0.5, 0.6) is 0 Å². The molecule has 0 saturated carbocycles. The van der Waals surface area contributed by atoms with E-state index in [9.17, 15) is 12.8 Å². The van der Waals surface area contributed by atoms with Gasteiger partial charge in [0.15, 0.2) is 0 Å². The van der Waals surface area contributed by atoms with Gasteiger partial charge in [-0.2, -0.15) is 4.31 Å². The Morgan fingerprint density at radius 3 is 2.50 bits per heavy atom. The van der Waals surface area contributed by atoms with Crippen LogP contribution in [0, 0.1) is 5.82 Å². The van der Waals surface area contributed by atoms with Crippen molar-refractivity contribution in [1.29, 1.82) is 0 Å². The van der Waals surface area contributed by atoms with Gasteiger partial charge in [-0.1, -0.05) is 19.1 Å². The molecule has 2 rings (SSSR count). The van der Waals surface area contributed by atoms with Gasteiger partial charge in [0.05, 0.1) is 5.75 Å². The molecule has 0 spiro atoms. The highest BCUT2D eigenvalue weighted by atomic mass is 32.2. The van der Waals surface area contributed by atoms with Gasteiger partial charge in [0.25, 0.3) is 0 Å². The average molecular weight is 300 g/mol. The molecule has 0 aliphatic carbocycles. The first-order valence-corrected chi connectivity index (χ1v) is 8.48. The molecule has 0 amide bonds. The monoisotopic (exact) mass is 300 g/mol. The first-order chi connectivity index (χ1) is 9.44. The normalized spacial score (nSPS) is 22.1. The molecule has 20 heavy (non-hydrogen) atoms. The van der Waals surface area contributed by atoms with Crippen molar-refractivity contribution in [3.8, 4) is 0 Å². The molecule has 1 fully saturated rings. The van der Waals surface area contributed by atoms with E-state index in [-0.39, 0.29) is 17.6 Å². The molecule has 0 N–H and O–H groups in total. The van der Waals surface area contributed by atoms with Gasteiger partial charge in [0.2, 0.25) is 10.0 Å². The van der Waals surface area contributed by atoms with E-state index in [1.54, 1.807) is 16.4 Å². The highest BCUT2D eigenvalue weighted by Gasteiger charge is 2.31. The Morgan fingerprint density at radius 2 is 1.90 bits per heavy atom. The SMILES string of the molecule is CCCS(=O)(=O)N1CCN(C)C(c2ccc(F)cc2)C1. The third kappa shape index (κ3) is 3.37. The first kappa shape index (κ1) is 15.4. The summed E-state index contributed by atoms with van der Waals surface area (Å²) >= 11 is 0. The molecule has 4 nitrogen and oxygen atoms in total. The van der Waals surface area contributed by atoms with Crippen molar-refractivity contribution in [2.75, 3.05) is 32.4 Å². The van der Waals surface area contributed by atoms with E-state index in [0.717, 1.165) is 5.56 Å². The Hall–Kier alpha value is -0.980. The van der Waals surface area contributed by atoms with Crippen LogP contribution in [0.1, 0.15) is 24.9 Å². The number of likely N-dealkylation sites (N-methyl/N-ethyl adjacent to an activating group) is 1. The molecule has 1 unspecified atom stereocenters. The Balaban J connectivity index is 2.18. The van der Waals surface area contributed by atoms with Crippen molar-refractivity contribution >= 4 is 10.0 Å². The van der Waals surface area contributed by atoms with Crippen LogP contribution in [0.2, 0.25) is 0 Å². The molecular weight excluding hydrogens is 279 g/mol. The molecular formula is C14H21FN2O2S. The molecule has 0 aromatic heterocycles. The van der Waals surface area contributed by atoms with Gasteiger partial charge in [0.1, 0.15) is 5.82 Å². The summed E-state index contributed by atoms with van der Waals surface area (Å²) in [6, 6.07) is 6.28. The van der Waals surface area contributed by atoms with Crippen LogP contribution in [0.3, 0.4) is 0 Å². The van der Waals surface area contributed by atoms with E-state index in [4.69, 9.17) is 0 Å². The van der Waals surface area contributed by atoms with E-state index >= 15 is 0 Å². The zero-order valence-electron chi connectivity index (χ0n) is 11.9. The molecule has 6 heteroatoms. The van der Waals surface area contributed by atoms with E-state index < -0.39 is 10.0 Å². The second-order valence-corrected chi connectivity index (χ2v) is 7.31. The van der Waals surface area contributed by atoms with E-state index in [2.05, 4.69) is 4.90 Å². The predicted molar refractivity (Wildman–Crippen MR) is 77.4 cm³/mol. The minimum atomic E-state index is -3.17. The third-order valence-electron chi connectivity index (χ3n) is 3.72. The second kappa shape index (κ2) is 6.20. The highest BCUT2D eigenvalue weighted by Crippen LogP contribution is 2.25. The molecule has 1 aliphatic rings. The molecule has 1 atom stereocenters. The summed E-state index contributed by atoms with van der Waals surface area (Å²) in [7, 11) is -1.20. The number of halogens is 1. The van der Waals surface area contributed by atoms with Crippen molar-refractivity contribution in [3.05, 3.63) is 35.6 Å². The van der Waals surface area contributed by atoms with Crippen LogP contribution in [0.25, 0.3) is 0 Å². The van der Waals surface area contributed by atoms with Crippen LogP contribution >= 0.6 is 0 Å². The molecule has 1 heterocycles. The molecule has 112 valence electrons. The Bertz CT molecular complexity index is 545. The smallest absolute Gasteiger partial charge is 0.214 e. The maximum absolute atomic E-state index is 13.0. The molecule has 0 radical (unpaired) electrons. The number of benzene rings is 1. The van der Waals surface area contributed by atoms with E-state index in [1.807, 2.05) is 14.0 Å². The van der Waals surface area contributed by atoms with Gasteiger partial charge in [-0.15, -0.1) is 0 Å². The predicted octanol–water partition coefficient (Wildman–Crippen LogP) is 1.85. The van der Waals surface area contributed by atoms with Crippen LogP contribution in [0.15, 0.2) is 24.3 Å². The fourth-order valence-electron chi connectivity index (χ4n) is 2.53. The topological polar surface area (TPSA) is 40.6 Å². The molecule has 0 bridgehead atoms. The number of hydrogen-bond acceptors (Lipinski definition) is 3. The van der Waals surface area contributed by atoms with Crippen molar-refractivity contribution < 1.29 is 12.8 Å². The van der Waals surface area contributed by atoms with Gasteiger partial charge < -0.3 is 0 Å². The van der Waals surface area contributed by atoms with Crippen molar-refractivity contribution in [3.63, 3.8) is 0 Å². The number of hydrogen-bond donors (Lipinski definition) is 0. The van der Waals surface area contributed by atoms with Crippen molar-refractivity contribution in [2.45, 2.75) is 19.4 Å². The Labute approximate surface area is 120 Å². The molecule has 1 aromatic rings. The van der Waals surface area contributed by atoms with E-state index in [0.29, 0.717) is 26.1 Å². The van der Waals surface area contributed by atoms with Gasteiger partial charge in [-0.05, 0) is 31.2 Å². The summed E-state index contributed by atoms with van der Waals surface area (Å²) in [5.74, 6) is -0.0879. The molecule has 1 aromatic carbocycles. The quantitative estimate of drug-likeness (QED) is 0.852. The van der Waals surface area contributed by atoms with Crippen LogP contribution in [-0.4, -0.2) is 50.1 Å². The fraction of sp³-hybridized carbons (Fsp3) is 0.571. The summed E-state index contributed by atoms with van der Waals surface area (Å²) in [5, 5.41) is 0. The minimum absolute atomic E-state index is 0.0176. The third-order valence-corrected chi connectivity index (χ3v) is 5.76. The number of piperazine rings is 1. The van der Waals surface area contributed by atoms with Gasteiger partial charge in [-0.25, -0.2) is 12.8 Å². The lowest BCUT2D eigenvalue weighted by molar-refractivity contribution is 0.148. The Morgan fingerprint density at radius 1 is 1.25 bits per heavy atom. The van der Waals surface area contributed by atoms with Crippen molar-refractivity contribution in [2.24, 2.45) is 0 Å². The molecule has 1 aliphatic heterocycles. The highest BCUT2D eigenvalue weighted by molar-refractivity contribution is 7.89. The summed E-state index contributed by atoms with van der Waals surface area (Å²) in [6.45, 7) is 3.51. The van der Waals surface area contributed by atoms with Crippen LogP contribution < -0.4 is 0 Å². The zero-order valence-corrected chi connectivity index (χ0v) is 12.7. The average Bonchev–Trinajstić information content (AvgIpc) is 2.40. The van der Waals surface area contributed by atoms with Crippen LogP contribution in [-0.2, 0) is 10.0 Å². The number of sulfonamides is 1. The van der Waals surface area contributed by atoms with Gasteiger partial charge >= 0.3 is 0 Å². The maximum Gasteiger partial charge on any atom is 0.214 e. The second-order valence-electron chi connectivity index (χ2n) is 5.22. The molecule has 1 saturated heterocycles. The largest absolute Gasteiger partial charge is 0.297 e. The standard InChI is InChI=1S/C14H21FN2O2S/c1-3-10-20(18,19)17-9-8-16(2)14(11-17)12-4-6-13(15)7-5-12/h4-7,14H,3,8-11H2,1-2H3. The lowest BCUT2D eigenvalue weighted by Crippen LogP contribution is -2.49. The number of nitrogens with zero attached hydrogens (tertiary/aromatic N) is 2. The lowest BCUT2D eigenvalue weighted by Gasteiger charge is -2.39. The Kier molecular flexibility index (Phi) is 4.78. The van der Waals surface area contributed by atoms with Gasteiger partial charge in [-0.3, -0.25) is 4.90 Å². The minimum Gasteiger partial charge on any atom is -0.297 e. The zero-order chi connectivity index (χ0) is 14.8. The van der Waals surface area contributed by atoms with Crippen LogP contribution in [0.4, 0.5) is 4.39 Å². The summed E-state index contributed by atoms with van der Waals surface area (Å²) < 4.78 is 38.9. The fourth-order valence-corrected chi connectivity index (χ4v) is 4.04. The summed E-state index contributed by atoms with van der Waals surface area (Å²) in [5.41, 5.74) is 0.949. The number of rotatable bonds is 4. The summed E-state index contributed by atoms with van der Waals surface area (Å²) in [4.78, 5) is 2.12. The van der Waals surface area contributed by atoms with Gasteiger partial charge in [0, 0.05) is 25.7 Å². The first-order valence-electron chi connectivity index (χ1n) is 6.87. The lowest BCUT2D eigenvalue weighted by atomic mass is 10.0.